The van der Waals surface area contributed by atoms with Crippen LogP contribution in [0.4, 0.5) is 17.6 Å². The van der Waals surface area contributed by atoms with Gasteiger partial charge in [-0.3, -0.25) is 9.69 Å². The van der Waals surface area contributed by atoms with Gasteiger partial charge in [-0.2, -0.15) is 13.2 Å². The number of benzene rings is 1. The first-order chi connectivity index (χ1) is 11.3. The quantitative estimate of drug-likeness (QED) is 0.855. The van der Waals surface area contributed by atoms with Gasteiger partial charge in [0.15, 0.2) is 0 Å². The average Bonchev–Trinajstić information content (AvgIpc) is 2.50. The lowest BCUT2D eigenvalue weighted by molar-refractivity contribution is -0.145. The summed E-state index contributed by atoms with van der Waals surface area (Å²) in [5.41, 5.74) is 0.952. The Morgan fingerprint density at radius 3 is 2.79 bits per heavy atom. The zero-order chi connectivity index (χ0) is 17.5. The molecule has 1 aliphatic rings. The number of nitrogens with one attached hydrogen (secondary N) is 1. The minimum absolute atomic E-state index is 0.123. The molecule has 0 bridgehead atoms. The van der Waals surface area contributed by atoms with Crippen molar-refractivity contribution in [1.29, 1.82) is 0 Å². The van der Waals surface area contributed by atoms with Crippen molar-refractivity contribution in [3.63, 3.8) is 0 Å². The predicted octanol–water partition coefficient (Wildman–Crippen LogP) is 2.79. The number of H-pyrrole nitrogens is 1. The largest absolute Gasteiger partial charge is 0.449 e. The van der Waals surface area contributed by atoms with Crippen LogP contribution >= 0.6 is 0 Å². The summed E-state index contributed by atoms with van der Waals surface area (Å²) in [4.78, 5) is 19.1. The Morgan fingerprint density at radius 2 is 2.08 bits per heavy atom. The van der Waals surface area contributed by atoms with Crippen molar-refractivity contribution in [2.24, 2.45) is 0 Å². The van der Waals surface area contributed by atoms with Crippen molar-refractivity contribution in [3.8, 4) is 0 Å². The molecular formula is C16H15F4N3O. The molecule has 0 saturated carbocycles. The van der Waals surface area contributed by atoms with Crippen molar-refractivity contribution >= 4 is 0 Å². The van der Waals surface area contributed by atoms with Gasteiger partial charge in [-0.25, -0.2) is 9.37 Å². The maximum absolute atomic E-state index is 13.6. The molecule has 3 rings (SSSR count). The second-order valence-corrected chi connectivity index (χ2v) is 5.82. The highest BCUT2D eigenvalue weighted by atomic mass is 19.4. The Labute approximate surface area is 135 Å². The Balaban J connectivity index is 1.87. The van der Waals surface area contributed by atoms with Crippen LogP contribution in [0.3, 0.4) is 0 Å². The van der Waals surface area contributed by atoms with E-state index < -0.39 is 17.6 Å². The molecule has 2 heterocycles. The lowest BCUT2D eigenvalue weighted by Crippen LogP contribution is -2.36. The van der Waals surface area contributed by atoms with Crippen LogP contribution in [0.15, 0.2) is 23.0 Å². The molecular weight excluding hydrogens is 326 g/mol. The molecule has 1 aromatic heterocycles. The van der Waals surface area contributed by atoms with Crippen LogP contribution in [0, 0.1) is 12.7 Å². The van der Waals surface area contributed by atoms with Crippen LogP contribution in [0.2, 0.25) is 0 Å². The van der Waals surface area contributed by atoms with E-state index in [0.29, 0.717) is 25.1 Å². The molecule has 8 heteroatoms. The van der Waals surface area contributed by atoms with E-state index in [4.69, 9.17) is 0 Å². The molecule has 0 radical (unpaired) electrons. The standard InChI is InChI=1S/C16H15F4N3O/c1-9-10(3-2-4-12(9)17)7-23-6-5-11-13(8-23)21-15(16(18,19)20)22-14(11)24/h2-4H,5-8H2,1H3,(H,21,22,24). The molecule has 4 nitrogen and oxygen atoms in total. The predicted molar refractivity (Wildman–Crippen MR) is 78.8 cm³/mol. The third-order valence-corrected chi connectivity index (χ3v) is 4.19. The Morgan fingerprint density at radius 1 is 1.33 bits per heavy atom. The van der Waals surface area contributed by atoms with Crippen molar-refractivity contribution in [2.45, 2.75) is 32.6 Å². The number of hydrogen-bond acceptors (Lipinski definition) is 3. The van der Waals surface area contributed by atoms with E-state index in [1.54, 1.807) is 24.0 Å². The lowest BCUT2D eigenvalue weighted by Gasteiger charge is -2.28. The molecule has 2 aromatic rings. The van der Waals surface area contributed by atoms with Gasteiger partial charge in [-0.1, -0.05) is 12.1 Å². The number of rotatable bonds is 2. The molecule has 0 atom stereocenters. The van der Waals surface area contributed by atoms with Gasteiger partial charge < -0.3 is 4.98 Å². The monoisotopic (exact) mass is 341 g/mol. The number of nitrogens with zero attached hydrogens (tertiary/aromatic N) is 2. The van der Waals surface area contributed by atoms with Crippen LogP contribution in [0.1, 0.15) is 28.2 Å². The Hall–Kier alpha value is -2.22. The second kappa shape index (κ2) is 6.01. The van der Waals surface area contributed by atoms with Gasteiger partial charge in [0, 0.05) is 25.2 Å². The molecule has 0 aliphatic carbocycles. The van der Waals surface area contributed by atoms with Crippen molar-refractivity contribution in [1.82, 2.24) is 14.9 Å². The molecule has 1 aliphatic heterocycles. The zero-order valence-corrected chi connectivity index (χ0v) is 12.9. The average molecular weight is 341 g/mol. The molecule has 0 fully saturated rings. The van der Waals surface area contributed by atoms with Gasteiger partial charge >= 0.3 is 6.18 Å². The summed E-state index contributed by atoms with van der Waals surface area (Å²) in [7, 11) is 0. The first kappa shape index (κ1) is 16.6. The molecule has 0 spiro atoms. The number of hydrogen-bond donors (Lipinski definition) is 1. The first-order valence-corrected chi connectivity index (χ1v) is 7.41. The van der Waals surface area contributed by atoms with Gasteiger partial charge in [-0.15, -0.1) is 0 Å². The van der Waals surface area contributed by atoms with Gasteiger partial charge in [0.1, 0.15) is 5.82 Å². The van der Waals surface area contributed by atoms with Gasteiger partial charge in [0.25, 0.3) is 5.56 Å². The van der Waals surface area contributed by atoms with Crippen molar-refractivity contribution in [3.05, 3.63) is 62.6 Å². The van der Waals surface area contributed by atoms with E-state index in [2.05, 4.69) is 4.98 Å². The number of aromatic nitrogens is 2. The molecule has 24 heavy (non-hydrogen) atoms. The summed E-state index contributed by atoms with van der Waals surface area (Å²) in [6, 6.07) is 4.74. The highest BCUT2D eigenvalue weighted by Gasteiger charge is 2.36. The van der Waals surface area contributed by atoms with Crippen LogP contribution in [-0.4, -0.2) is 21.4 Å². The molecule has 128 valence electrons. The van der Waals surface area contributed by atoms with E-state index in [0.717, 1.165) is 5.56 Å². The van der Waals surface area contributed by atoms with Crippen LogP contribution in [0.25, 0.3) is 0 Å². The third-order valence-electron chi connectivity index (χ3n) is 4.19. The summed E-state index contributed by atoms with van der Waals surface area (Å²) in [6.07, 6.45) is -4.39. The maximum atomic E-state index is 13.6. The number of halogens is 4. The van der Waals surface area contributed by atoms with E-state index in [9.17, 15) is 22.4 Å². The summed E-state index contributed by atoms with van der Waals surface area (Å²) in [6.45, 7) is 2.67. The first-order valence-electron chi connectivity index (χ1n) is 7.41. The number of alkyl halides is 3. The number of aromatic amines is 1. The van der Waals surface area contributed by atoms with Gasteiger partial charge in [0.2, 0.25) is 5.82 Å². The SMILES string of the molecule is Cc1c(F)cccc1CN1CCc2c(nc(C(F)(F)F)[nH]c2=O)C1. The van der Waals surface area contributed by atoms with Crippen LogP contribution in [-0.2, 0) is 25.7 Å². The summed E-state index contributed by atoms with van der Waals surface area (Å²) >= 11 is 0. The van der Waals surface area contributed by atoms with Crippen molar-refractivity contribution < 1.29 is 17.6 Å². The maximum Gasteiger partial charge on any atom is 0.449 e. The normalized spacial score (nSPS) is 15.4. The minimum Gasteiger partial charge on any atom is -0.303 e. The fourth-order valence-electron chi connectivity index (χ4n) is 2.83. The fraction of sp³-hybridized carbons (Fsp3) is 0.375. The van der Waals surface area contributed by atoms with E-state index in [1.807, 2.05) is 4.90 Å². The van der Waals surface area contributed by atoms with E-state index in [-0.39, 0.29) is 23.6 Å². The summed E-state index contributed by atoms with van der Waals surface area (Å²) in [5, 5.41) is 0. The van der Waals surface area contributed by atoms with Gasteiger partial charge in [-0.05, 0) is 30.5 Å². The van der Waals surface area contributed by atoms with Crippen molar-refractivity contribution in [2.75, 3.05) is 6.54 Å². The molecule has 0 unspecified atom stereocenters. The smallest absolute Gasteiger partial charge is 0.303 e. The topological polar surface area (TPSA) is 49.0 Å². The van der Waals surface area contributed by atoms with Crippen LogP contribution in [0.5, 0.6) is 0 Å². The minimum atomic E-state index is -4.70. The fourth-order valence-corrected chi connectivity index (χ4v) is 2.83. The lowest BCUT2D eigenvalue weighted by atomic mass is 10.0. The molecule has 0 saturated heterocycles. The Bertz CT molecular complexity index is 829. The van der Waals surface area contributed by atoms with Crippen LogP contribution < -0.4 is 5.56 Å². The second-order valence-electron chi connectivity index (χ2n) is 5.82. The molecule has 1 N–H and O–H groups in total. The van der Waals surface area contributed by atoms with Gasteiger partial charge in [0.05, 0.1) is 5.69 Å². The Kier molecular flexibility index (Phi) is 4.16. The number of fused-ring (bicyclic) bond motifs is 1. The summed E-state index contributed by atoms with van der Waals surface area (Å²) in [5.74, 6) is -1.60. The van der Waals surface area contributed by atoms with E-state index >= 15 is 0 Å². The highest BCUT2D eigenvalue weighted by Crippen LogP contribution is 2.27. The van der Waals surface area contributed by atoms with E-state index in [1.165, 1.54) is 6.07 Å². The highest BCUT2D eigenvalue weighted by molar-refractivity contribution is 5.28. The third kappa shape index (κ3) is 3.19. The zero-order valence-electron chi connectivity index (χ0n) is 12.9. The molecule has 0 amide bonds. The molecule has 1 aromatic carbocycles. The summed E-state index contributed by atoms with van der Waals surface area (Å²) < 4.78 is 52.0.